The van der Waals surface area contributed by atoms with Crippen LogP contribution in [0.25, 0.3) is 0 Å². The predicted octanol–water partition coefficient (Wildman–Crippen LogP) is 4.77. The van der Waals surface area contributed by atoms with Crippen LogP contribution in [0.15, 0.2) is 82.7 Å². The van der Waals surface area contributed by atoms with Gasteiger partial charge in [-0.15, -0.1) is 0 Å². The highest BCUT2D eigenvalue weighted by atomic mass is 32.2. The van der Waals surface area contributed by atoms with Crippen molar-refractivity contribution < 1.29 is 26.3 Å². The van der Waals surface area contributed by atoms with Crippen LogP contribution in [0.4, 0.5) is 24.7 Å². The Bertz CT molecular complexity index is 1170. The van der Waals surface area contributed by atoms with E-state index in [1.165, 1.54) is 41.4 Å². The Hall–Kier alpha value is -3.07. The van der Waals surface area contributed by atoms with Gasteiger partial charge in [0.05, 0.1) is 22.0 Å². The highest BCUT2D eigenvalue weighted by Crippen LogP contribution is 2.47. The fourth-order valence-electron chi connectivity index (χ4n) is 3.22. The number of ether oxygens (including phenoxy) is 1. The van der Waals surface area contributed by atoms with E-state index >= 15 is 0 Å². The summed E-state index contributed by atoms with van der Waals surface area (Å²) >= 11 is 0. The van der Waals surface area contributed by atoms with Gasteiger partial charge < -0.3 is 9.64 Å². The summed E-state index contributed by atoms with van der Waals surface area (Å²) in [6.45, 7) is 0.385. The molecule has 1 aromatic heterocycles. The van der Waals surface area contributed by atoms with Crippen LogP contribution in [0.3, 0.4) is 0 Å². The van der Waals surface area contributed by atoms with E-state index in [-0.39, 0.29) is 27.0 Å². The van der Waals surface area contributed by atoms with Gasteiger partial charge in [0.15, 0.2) is 0 Å². The molecule has 0 amide bonds. The number of hydrogen-bond donors (Lipinski definition) is 0. The van der Waals surface area contributed by atoms with Gasteiger partial charge in [-0.2, -0.15) is 13.2 Å². The lowest BCUT2D eigenvalue weighted by Gasteiger charge is -2.43. The van der Waals surface area contributed by atoms with Crippen LogP contribution < -0.4 is 9.64 Å². The van der Waals surface area contributed by atoms with Crippen LogP contribution in [0.1, 0.15) is 6.92 Å². The van der Waals surface area contributed by atoms with Gasteiger partial charge in [-0.05, 0) is 49.4 Å². The first-order valence-electron chi connectivity index (χ1n) is 9.00. The minimum absolute atomic E-state index is 0.0485. The lowest BCUT2D eigenvalue weighted by atomic mass is 10.0. The zero-order valence-corrected chi connectivity index (χ0v) is 16.6. The number of alkyl halides is 3. The predicted molar refractivity (Wildman–Crippen MR) is 105 cm³/mol. The molecule has 0 radical (unpaired) electrons. The molecule has 156 valence electrons. The minimum atomic E-state index is -4.65. The standard InChI is InChI=1S/C21H17F3N2O3S/c1-20(21(22,23)24)14-26(19-9-5-6-12-25-19)17-13-16(10-11-18(17)29-20)30(27,28)15-7-3-2-4-8-15/h2-13H,14H2,1H3. The summed E-state index contributed by atoms with van der Waals surface area (Å²) < 4.78 is 72.5. The van der Waals surface area contributed by atoms with Gasteiger partial charge in [-0.1, -0.05) is 24.3 Å². The number of anilines is 2. The fourth-order valence-corrected chi connectivity index (χ4v) is 4.53. The summed E-state index contributed by atoms with van der Waals surface area (Å²) in [5, 5.41) is 0. The molecule has 0 spiro atoms. The Morgan fingerprint density at radius 3 is 2.33 bits per heavy atom. The average molecular weight is 434 g/mol. The Labute approximate surface area is 171 Å². The Morgan fingerprint density at radius 2 is 1.70 bits per heavy atom. The molecule has 5 nitrogen and oxygen atoms in total. The lowest BCUT2D eigenvalue weighted by Crippen LogP contribution is -2.57. The van der Waals surface area contributed by atoms with Crippen molar-refractivity contribution in [2.45, 2.75) is 28.5 Å². The molecule has 0 saturated carbocycles. The molecule has 0 bridgehead atoms. The van der Waals surface area contributed by atoms with Gasteiger partial charge in [0.1, 0.15) is 11.6 Å². The first-order valence-corrected chi connectivity index (χ1v) is 10.5. The fraction of sp³-hybridized carbons (Fsp3) is 0.190. The monoisotopic (exact) mass is 434 g/mol. The van der Waals surface area contributed by atoms with Crippen LogP contribution in [0, 0.1) is 0 Å². The van der Waals surface area contributed by atoms with Crippen LogP contribution in [0.5, 0.6) is 5.75 Å². The van der Waals surface area contributed by atoms with E-state index in [1.807, 2.05) is 0 Å². The molecule has 0 fully saturated rings. The van der Waals surface area contributed by atoms with Crippen LogP contribution in [-0.4, -0.2) is 31.7 Å². The average Bonchev–Trinajstić information content (AvgIpc) is 2.73. The van der Waals surface area contributed by atoms with E-state index in [1.54, 1.807) is 36.4 Å². The van der Waals surface area contributed by atoms with Crippen molar-refractivity contribution in [2.24, 2.45) is 0 Å². The number of halogens is 3. The Balaban J connectivity index is 1.87. The lowest BCUT2D eigenvalue weighted by molar-refractivity contribution is -0.239. The van der Waals surface area contributed by atoms with Gasteiger partial charge in [-0.3, -0.25) is 0 Å². The molecule has 1 aliphatic heterocycles. The number of rotatable bonds is 3. The van der Waals surface area contributed by atoms with E-state index in [0.29, 0.717) is 0 Å². The van der Waals surface area contributed by atoms with Gasteiger partial charge >= 0.3 is 6.18 Å². The number of benzene rings is 2. The Morgan fingerprint density at radius 1 is 1.00 bits per heavy atom. The molecule has 1 unspecified atom stereocenters. The number of hydrogen-bond acceptors (Lipinski definition) is 5. The highest BCUT2D eigenvalue weighted by molar-refractivity contribution is 7.91. The number of nitrogens with zero attached hydrogens (tertiary/aromatic N) is 2. The largest absolute Gasteiger partial charge is 0.474 e. The number of aromatic nitrogens is 1. The zero-order valence-electron chi connectivity index (χ0n) is 15.8. The molecule has 2 heterocycles. The van der Waals surface area contributed by atoms with Gasteiger partial charge in [-0.25, -0.2) is 13.4 Å². The number of sulfone groups is 1. The van der Waals surface area contributed by atoms with E-state index in [9.17, 15) is 21.6 Å². The summed E-state index contributed by atoms with van der Waals surface area (Å²) in [4.78, 5) is 5.52. The summed E-state index contributed by atoms with van der Waals surface area (Å²) in [7, 11) is -3.86. The second kappa shape index (κ2) is 7.02. The number of pyridine rings is 1. The minimum Gasteiger partial charge on any atom is -0.474 e. The molecule has 2 aromatic carbocycles. The van der Waals surface area contributed by atoms with Crippen molar-refractivity contribution in [1.82, 2.24) is 4.98 Å². The molecule has 1 atom stereocenters. The highest BCUT2D eigenvalue weighted by Gasteiger charge is 2.57. The summed E-state index contributed by atoms with van der Waals surface area (Å²) in [6.07, 6.45) is -3.19. The zero-order chi connectivity index (χ0) is 21.6. The van der Waals surface area contributed by atoms with Crippen molar-refractivity contribution in [1.29, 1.82) is 0 Å². The smallest absolute Gasteiger partial charge is 0.429 e. The molecule has 0 N–H and O–H groups in total. The van der Waals surface area contributed by atoms with Crippen molar-refractivity contribution >= 4 is 21.3 Å². The maximum Gasteiger partial charge on any atom is 0.429 e. The quantitative estimate of drug-likeness (QED) is 0.595. The third kappa shape index (κ3) is 3.39. The molecule has 9 heteroatoms. The summed E-state index contributed by atoms with van der Waals surface area (Å²) in [6, 6.07) is 16.5. The van der Waals surface area contributed by atoms with Crippen molar-refractivity contribution in [3.63, 3.8) is 0 Å². The SMILES string of the molecule is CC1(C(F)(F)F)CN(c2ccccn2)c2cc(S(=O)(=O)c3ccccc3)ccc2O1. The topological polar surface area (TPSA) is 59.5 Å². The molecule has 3 aromatic rings. The van der Waals surface area contributed by atoms with E-state index in [4.69, 9.17) is 4.74 Å². The van der Waals surface area contributed by atoms with E-state index in [0.717, 1.165) is 6.92 Å². The number of fused-ring (bicyclic) bond motifs is 1. The van der Waals surface area contributed by atoms with E-state index in [2.05, 4.69) is 4.98 Å². The second-order valence-electron chi connectivity index (χ2n) is 7.05. The molecule has 30 heavy (non-hydrogen) atoms. The van der Waals surface area contributed by atoms with Crippen LogP contribution >= 0.6 is 0 Å². The summed E-state index contributed by atoms with van der Waals surface area (Å²) in [5.74, 6) is 0.186. The van der Waals surface area contributed by atoms with Gasteiger partial charge in [0, 0.05) is 6.20 Å². The van der Waals surface area contributed by atoms with Crippen LogP contribution in [-0.2, 0) is 9.84 Å². The molecule has 4 rings (SSSR count). The Kier molecular flexibility index (Phi) is 4.73. The molecular weight excluding hydrogens is 417 g/mol. The first-order chi connectivity index (χ1) is 14.1. The molecule has 1 aliphatic rings. The van der Waals surface area contributed by atoms with Crippen molar-refractivity contribution in [3.8, 4) is 5.75 Å². The summed E-state index contributed by atoms with van der Waals surface area (Å²) in [5.41, 5.74) is -2.29. The second-order valence-corrected chi connectivity index (χ2v) is 9.00. The van der Waals surface area contributed by atoms with Gasteiger partial charge in [0.25, 0.3) is 0 Å². The maximum absolute atomic E-state index is 13.7. The normalized spacial score (nSPS) is 19.1. The first kappa shape index (κ1) is 20.2. The molecule has 0 saturated heterocycles. The maximum atomic E-state index is 13.7. The third-order valence-electron chi connectivity index (χ3n) is 4.91. The van der Waals surface area contributed by atoms with Crippen molar-refractivity contribution in [2.75, 3.05) is 11.4 Å². The van der Waals surface area contributed by atoms with E-state index < -0.39 is 28.2 Å². The van der Waals surface area contributed by atoms with Gasteiger partial charge in [0.2, 0.25) is 15.4 Å². The van der Waals surface area contributed by atoms with Crippen LogP contribution in [0.2, 0.25) is 0 Å². The third-order valence-corrected chi connectivity index (χ3v) is 6.67. The molecule has 0 aliphatic carbocycles. The van der Waals surface area contributed by atoms with Crippen molar-refractivity contribution in [3.05, 3.63) is 72.9 Å². The molecular formula is C21H17F3N2O3S.